The maximum absolute atomic E-state index is 13.3. The number of aromatic nitrogens is 2. The number of benzene rings is 2. The molecule has 2 heterocycles. The van der Waals surface area contributed by atoms with E-state index in [9.17, 15) is 17.6 Å². The van der Waals surface area contributed by atoms with Crippen molar-refractivity contribution in [3.05, 3.63) is 110 Å². The fraction of sp³-hybridized carbons (Fsp3) is 0. The molecule has 0 fully saturated rings. The lowest BCUT2D eigenvalue weighted by Gasteiger charge is -2.06. The zero-order chi connectivity index (χ0) is 24.4. The molecule has 4 aromatic rings. The summed E-state index contributed by atoms with van der Waals surface area (Å²) in [5.41, 5.74) is 5.21. The number of anilines is 3. The quantitative estimate of drug-likeness (QED) is 0.131. The van der Waals surface area contributed by atoms with Gasteiger partial charge in [0.25, 0.3) is 0 Å². The van der Waals surface area contributed by atoms with Crippen LogP contribution < -0.4 is 11.1 Å². The summed E-state index contributed by atoms with van der Waals surface area (Å²) in [6.45, 7) is 0. The second-order valence-electron chi connectivity index (χ2n) is 6.08. The fourth-order valence-electron chi connectivity index (χ4n) is 2.04. The van der Waals surface area contributed by atoms with E-state index in [0.717, 1.165) is 31.7 Å². The third-order valence-corrected chi connectivity index (χ3v) is 4.98. The third-order valence-electron chi connectivity index (χ3n) is 3.58. The van der Waals surface area contributed by atoms with E-state index in [-0.39, 0.29) is 11.4 Å². The van der Waals surface area contributed by atoms with Crippen LogP contribution in [0.25, 0.3) is 0 Å². The molecule has 0 spiro atoms. The van der Waals surface area contributed by atoms with E-state index in [2.05, 4.69) is 63.1 Å². The van der Waals surface area contributed by atoms with E-state index < -0.39 is 23.3 Å². The zero-order valence-corrected chi connectivity index (χ0v) is 21.3. The molecule has 0 saturated carbocycles. The number of hydrogen-bond acceptors (Lipinski definition) is 4. The molecule has 2 aromatic heterocycles. The molecular formula is C22H15Br3F4N4. The molecule has 3 N–H and O–H groups in total. The number of nitrogen functional groups attached to an aromatic ring is 1. The first-order valence-corrected chi connectivity index (χ1v) is 11.3. The number of hydrogen-bond donors (Lipinski definition) is 2. The van der Waals surface area contributed by atoms with Crippen LogP contribution in [0.4, 0.5) is 34.8 Å². The van der Waals surface area contributed by atoms with Crippen molar-refractivity contribution in [1.29, 1.82) is 0 Å². The summed E-state index contributed by atoms with van der Waals surface area (Å²) in [7, 11) is 0. The lowest BCUT2D eigenvalue weighted by Crippen LogP contribution is -1.96. The van der Waals surface area contributed by atoms with Gasteiger partial charge in [0.1, 0.15) is 33.7 Å². The minimum atomic E-state index is -0.713. The first-order valence-electron chi connectivity index (χ1n) is 8.95. The molecule has 0 atom stereocenters. The summed E-state index contributed by atoms with van der Waals surface area (Å²) in [6.07, 6.45) is 3.33. The Kier molecular flexibility index (Phi) is 10.8. The van der Waals surface area contributed by atoms with Crippen molar-refractivity contribution in [2.75, 3.05) is 11.1 Å². The van der Waals surface area contributed by atoms with Gasteiger partial charge in [-0.15, -0.1) is 0 Å². The number of nitrogens with two attached hydrogens (primary N) is 1. The summed E-state index contributed by atoms with van der Waals surface area (Å²) in [5.74, 6) is -2.08. The summed E-state index contributed by atoms with van der Waals surface area (Å²) < 4.78 is 52.9. The van der Waals surface area contributed by atoms with Gasteiger partial charge in [-0.3, -0.25) is 0 Å². The van der Waals surface area contributed by atoms with Gasteiger partial charge in [0.05, 0.1) is 11.4 Å². The molecular weight excluding hydrogens is 636 g/mol. The maximum Gasteiger partial charge on any atom is 0.149 e. The number of pyridine rings is 2. The Morgan fingerprint density at radius 3 is 1.70 bits per heavy atom. The van der Waals surface area contributed by atoms with E-state index in [1.807, 2.05) is 12.1 Å². The Labute approximate surface area is 212 Å². The van der Waals surface area contributed by atoms with Crippen LogP contribution in [0.5, 0.6) is 0 Å². The summed E-state index contributed by atoms with van der Waals surface area (Å²) >= 11 is 9.72. The van der Waals surface area contributed by atoms with Crippen LogP contribution in [-0.2, 0) is 0 Å². The zero-order valence-electron chi connectivity index (χ0n) is 16.5. The van der Waals surface area contributed by atoms with E-state index in [0.29, 0.717) is 5.82 Å². The molecule has 0 bridgehead atoms. The van der Waals surface area contributed by atoms with E-state index in [4.69, 9.17) is 5.73 Å². The van der Waals surface area contributed by atoms with Crippen LogP contribution in [0.15, 0.2) is 86.6 Å². The van der Waals surface area contributed by atoms with Crippen molar-refractivity contribution in [2.45, 2.75) is 0 Å². The lowest BCUT2D eigenvalue weighted by atomic mass is 10.3. The predicted octanol–water partition coefficient (Wildman–Crippen LogP) is 8.02. The summed E-state index contributed by atoms with van der Waals surface area (Å²) in [6, 6.07) is 13.6. The largest absolute Gasteiger partial charge is 0.396 e. The average molecular weight is 651 g/mol. The van der Waals surface area contributed by atoms with E-state index in [1.165, 1.54) is 18.2 Å². The predicted molar refractivity (Wildman–Crippen MR) is 132 cm³/mol. The third kappa shape index (κ3) is 9.89. The number of nitrogens with zero attached hydrogens (tertiary/aromatic N) is 2. The second-order valence-corrected chi connectivity index (χ2v) is 8.72. The van der Waals surface area contributed by atoms with Gasteiger partial charge in [0, 0.05) is 33.5 Å². The molecule has 0 aliphatic rings. The van der Waals surface area contributed by atoms with Crippen LogP contribution in [0.2, 0.25) is 0 Å². The van der Waals surface area contributed by atoms with E-state index >= 15 is 0 Å². The fourth-order valence-corrected chi connectivity index (χ4v) is 2.74. The van der Waals surface area contributed by atoms with Crippen molar-refractivity contribution in [1.82, 2.24) is 9.97 Å². The molecule has 0 aliphatic heterocycles. The summed E-state index contributed by atoms with van der Waals surface area (Å²) in [5, 5.41) is 2.75. The van der Waals surface area contributed by atoms with Crippen LogP contribution in [0.1, 0.15) is 0 Å². The molecule has 33 heavy (non-hydrogen) atoms. The van der Waals surface area contributed by atoms with Crippen molar-refractivity contribution in [3.8, 4) is 0 Å². The van der Waals surface area contributed by atoms with Crippen molar-refractivity contribution >= 4 is 65.0 Å². The molecule has 0 saturated heterocycles. The lowest BCUT2D eigenvalue weighted by molar-refractivity contribution is 0.585. The average Bonchev–Trinajstić information content (AvgIpc) is 2.77. The first-order chi connectivity index (χ1) is 15.6. The van der Waals surface area contributed by atoms with Crippen molar-refractivity contribution in [3.63, 3.8) is 0 Å². The molecule has 172 valence electrons. The topological polar surface area (TPSA) is 63.8 Å². The van der Waals surface area contributed by atoms with Gasteiger partial charge in [0.15, 0.2) is 0 Å². The number of nitrogens with one attached hydrogen (secondary N) is 1. The molecule has 4 rings (SSSR count). The Bertz CT molecular complexity index is 1160. The molecule has 0 unspecified atom stereocenters. The molecule has 0 aliphatic carbocycles. The highest BCUT2D eigenvalue weighted by atomic mass is 79.9. The first kappa shape index (κ1) is 26.7. The maximum atomic E-state index is 13.3. The van der Waals surface area contributed by atoms with Gasteiger partial charge < -0.3 is 11.1 Å². The standard InChI is InChI=1S/C11H7BrF2N2.C6H5F2N.C5H3Br2N/c12-7-1-4-11(15-6-7)16-10-3-2-8(13)5-9(10)14;7-4-1-2-6(9)5(8)3-4;6-4-1-2-5(7)8-3-4/h1-6H,(H,15,16);1-3H,9H2;1-3H. The Balaban J connectivity index is 0.000000192. The van der Waals surface area contributed by atoms with Gasteiger partial charge >= 0.3 is 0 Å². The second kappa shape index (κ2) is 13.3. The minimum Gasteiger partial charge on any atom is -0.396 e. The van der Waals surface area contributed by atoms with Gasteiger partial charge in [-0.2, -0.15) is 0 Å². The smallest absolute Gasteiger partial charge is 0.149 e. The highest BCUT2D eigenvalue weighted by molar-refractivity contribution is 9.11. The van der Waals surface area contributed by atoms with Gasteiger partial charge in [-0.05, 0) is 96.3 Å². The van der Waals surface area contributed by atoms with Crippen LogP contribution >= 0.6 is 47.8 Å². The molecule has 4 nitrogen and oxygen atoms in total. The minimum absolute atomic E-state index is 0.0311. The van der Waals surface area contributed by atoms with Crippen molar-refractivity contribution in [2.24, 2.45) is 0 Å². The Morgan fingerprint density at radius 1 is 0.667 bits per heavy atom. The molecule has 11 heteroatoms. The van der Waals surface area contributed by atoms with Crippen molar-refractivity contribution < 1.29 is 17.6 Å². The number of halogens is 7. The summed E-state index contributed by atoms with van der Waals surface area (Å²) in [4.78, 5) is 7.97. The molecule has 2 aromatic carbocycles. The number of rotatable bonds is 2. The Morgan fingerprint density at radius 2 is 1.24 bits per heavy atom. The highest BCUT2D eigenvalue weighted by Crippen LogP contribution is 2.20. The monoisotopic (exact) mass is 648 g/mol. The van der Waals surface area contributed by atoms with E-state index in [1.54, 1.807) is 24.5 Å². The SMILES string of the molecule is Brc1ccc(Br)nc1.Fc1ccc(Nc2ccc(Br)cn2)c(F)c1.Nc1ccc(F)cc1F. The van der Waals surface area contributed by atoms with Gasteiger partial charge in [0.2, 0.25) is 0 Å². The highest BCUT2D eigenvalue weighted by Gasteiger charge is 2.04. The van der Waals surface area contributed by atoms with Crippen LogP contribution in [-0.4, -0.2) is 9.97 Å². The van der Waals surface area contributed by atoms with Gasteiger partial charge in [-0.25, -0.2) is 27.5 Å². The van der Waals surface area contributed by atoms with Crippen LogP contribution in [0.3, 0.4) is 0 Å². The Hall–Kier alpha value is -2.50. The van der Waals surface area contributed by atoms with Crippen LogP contribution in [0, 0.1) is 23.3 Å². The molecule has 0 amide bonds. The normalized spacial score (nSPS) is 9.79. The van der Waals surface area contributed by atoms with Gasteiger partial charge in [-0.1, -0.05) is 0 Å². The molecule has 0 radical (unpaired) electrons.